The molecular formula is C19H25F3O3. The molecular weight excluding hydrogens is 333 g/mol. The normalized spacial score (nSPS) is 34.3. The lowest BCUT2D eigenvalue weighted by Crippen LogP contribution is -2.52. The smallest absolute Gasteiger partial charge is 0.392 e. The molecule has 3 unspecified atom stereocenters. The van der Waals surface area contributed by atoms with Crippen LogP contribution in [0.5, 0.6) is 5.75 Å². The lowest BCUT2D eigenvalue weighted by molar-refractivity contribution is -0.139. The maximum absolute atomic E-state index is 12.3. The highest BCUT2D eigenvalue weighted by Gasteiger charge is 2.53. The molecule has 2 aliphatic carbocycles. The Balaban J connectivity index is 1.82. The van der Waals surface area contributed by atoms with Crippen molar-refractivity contribution >= 4 is 0 Å². The number of halogens is 3. The largest absolute Gasteiger partial charge is 0.493 e. The van der Waals surface area contributed by atoms with Gasteiger partial charge in [0.25, 0.3) is 0 Å². The molecule has 0 bridgehead atoms. The van der Waals surface area contributed by atoms with E-state index in [1.54, 1.807) is 18.2 Å². The SMILES string of the molecule is [2H]C([2H])([2H])C1(O)CC(OC)CCC12Cc1ccc(OCCC(F)(F)F)cc1C2. The van der Waals surface area contributed by atoms with Crippen LogP contribution < -0.4 is 4.74 Å². The number of benzene rings is 1. The van der Waals surface area contributed by atoms with Crippen molar-refractivity contribution in [1.82, 2.24) is 0 Å². The number of alkyl halides is 3. The summed E-state index contributed by atoms with van der Waals surface area (Å²) >= 11 is 0. The molecule has 3 rings (SSSR count). The number of hydrogen-bond donors (Lipinski definition) is 1. The zero-order chi connectivity index (χ0) is 20.8. The van der Waals surface area contributed by atoms with Gasteiger partial charge in [-0.2, -0.15) is 13.2 Å². The van der Waals surface area contributed by atoms with Gasteiger partial charge in [-0.3, -0.25) is 0 Å². The summed E-state index contributed by atoms with van der Waals surface area (Å²) < 4.78 is 71.4. The standard InChI is InChI=1S/C19H25F3O3/c1-17(23)12-16(24-2)5-6-18(17)10-13-3-4-15(9-14(13)11-18)25-8-7-19(20,21)22/h3-4,9,16,23H,5-8,10-12H2,1-2H3/i1D3. The van der Waals surface area contributed by atoms with Crippen molar-refractivity contribution in [3.8, 4) is 5.75 Å². The molecule has 0 saturated heterocycles. The Labute approximate surface area is 150 Å². The molecule has 2 aliphatic rings. The average Bonchev–Trinajstić information content (AvgIpc) is 2.94. The van der Waals surface area contributed by atoms with E-state index in [0.717, 1.165) is 11.1 Å². The second-order valence-corrected chi connectivity index (χ2v) is 7.24. The Hall–Kier alpha value is -1.27. The first-order chi connectivity index (χ1) is 12.9. The topological polar surface area (TPSA) is 38.7 Å². The molecule has 1 fully saturated rings. The van der Waals surface area contributed by atoms with E-state index in [1.807, 2.05) is 0 Å². The van der Waals surface area contributed by atoms with Crippen LogP contribution in [0.2, 0.25) is 0 Å². The van der Waals surface area contributed by atoms with E-state index in [4.69, 9.17) is 13.6 Å². The van der Waals surface area contributed by atoms with Gasteiger partial charge in [-0.05, 0) is 55.8 Å². The average molecular weight is 361 g/mol. The number of aliphatic hydroxyl groups is 1. The van der Waals surface area contributed by atoms with Crippen LogP contribution in [0, 0.1) is 5.41 Å². The van der Waals surface area contributed by atoms with Gasteiger partial charge in [-0.25, -0.2) is 0 Å². The summed E-state index contributed by atoms with van der Waals surface area (Å²) in [5.74, 6) is 0.322. The molecule has 1 aromatic rings. The first-order valence-electron chi connectivity index (χ1n) is 9.96. The highest BCUT2D eigenvalue weighted by Crippen LogP contribution is 2.53. The van der Waals surface area contributed by atoms with Gasteiger partial charge in [0.15, 0.2) is 0 Å². The predicted octanol–water partition coefficient (Wildman–Crippen LogP) is 4.05. The summed E-state index contributed by atoms with van der Waals surface area (Å²) in [6.45, 7) is -3.04. The maximum Gasteiger partial charge on any atom is 0.392 e. The third-order valence-electron chi connectivity index (χ3n) is 5.57. The molecule has 0 aliphatic heterocycles. The minimum atomic E-state index is -4.28. The Bertz CT molecular complexity index is 723. The third-order valence-corrected chi connectivity index (χ3v) is 5.57. The Morgan fingerprint density at radius 2 is 2.08 bits per heavy atom. The van der Waals surface area contributed by atoms with Crippen molar-refractivity contribution in [2.24, 2.45) is 5.41 Å². The van der Waals surface area contributed by atoms with Crippen LogP contribution >= 0.6 is 0 Å². The molecule has 0 heterocycles. The number of hydrogen-bond acceptors (Lipinski definition) is 3. The van der Waals surface area contributed by atoms with Crippen molar-refractivity contribution in [3.05, 3.63) is 29.3 Å². The molecule has 0 aromatic heterocycles. The summed E-state index contributed by atoms with van der Waals surface area (Å²) in [5.41, 5.74) is -1.01. The van der Waals surface area contributed by atoms with Gasteiger partial charge in [0.2, 0.25) is 0 Å². The van der Waals surface area contributed by atoms with Crippen molar-refractivity contribution in [2.75, 3.05) is 13.7 Å². The summed E-state index contributed by atoms with van der Waals surface area (Å²) in [7, 11) is 1.51. The zero-order valence-electron chi connectivity index (χ0n) is 17.2. The Morgan fingerprint density at radius 1 is 1.32 bits per heavy atom. The second-order valence-electron chi connectivity index (χ2n) is 7.24. The fourth-order valence-corrected chi connectivity index (χ4v) is 4.07. The van der Waals surface area contributed by atoms with Crippen molar-refractivity contribution in [1.29, 1.82) is 0 Å². The maximum atomic E-state index is 12.3. The van der Waals surface area contributed by atoms with Gasteiger partial charge in [0, 0.05) is 23.1 Å². The van der Waals surface area contributed by atoms with Gasteiger partial charge < -0.3 is 14.6 Å². The van der Waals surface area contributed by atoms with Crippen LogP contribution in [0.3, 0.4) is 0 Å². The lowest BCUT2D eigenvalue weighted by Gasteiger charge is -2.49. The molecule has 3 atom stereocenters. The van der Waals surface area contributed by atoms with E-state index < -0.39 is 37.1 Å². The number of methoxy groups -OCH3 is 1. The van der Waals surface area contributed by atoms with Crippen LogP contribution in [0.25, 0.3) is 0 Å². The van der Waals surface area contributed by atoms with E-state index in [-0.39, 0.29) is 12.5 Å². The first kappa shape index (κ1) is 14.9. The van der Waals surface area contributed by atoms with Crippen LogP contribution in [0.15, 0.2) is 18.2 Å². The van der Waals surface area contributed by atoms with Gasteiger partial charge in [-0.1, -0.05) is 6.07 Å². The van der Waals surface area contributed by atoms with E-state index in [9.17, 15) is 18.3 Å². The zero-order valence-corrected chi connectivity index (χ0v) is 14.2. The van der Waals surface area contributed by atoms with Crippen molar-refractivity contribution in [2.45, 2.75) is 63.3 Å². The van der Waals surface area contributed by atoms with Crippen LogP contribution in [-0.4, -0.2) is 36.7 Å². The molecule has 0 radical (unpaired) electrons. The van der Waals surface area contributed by atoms with E-state index in [0.29, 0.717) is 31.4 Å². The number of rotatable bonds is 4. The number of ether oxygens (including phenoxy) is 2. The van der Waals surface area contributed by atoms with E-state index >= 15 is 0 Å². The minimum Gasteiger partial charge on any atom is -0.493 e. The fourth-order valence-electron chi connectivity index (χ4n) is 4.07. The molecule has 1 aromatic carbocycles. The van der Waals surface area contributed by atoms with Gasteiger partial charge in [0.1, 0.15) is 5.75 Å². The summed E-state index contributed by atoms with van der Waals surface area (Å²) in [4.78, 5) is 0. The van der Waals surface area contributed by atoms with E-state index in [1.165, 1.54) is 7.11 Å². The van der Waals surface area contributed by atoms with Gasteiger partial charge in [0.05, 0.1) is 24.7 Å². The number of fused-ring (bicyclic) bond motifs is 1. The molecule has 6 heteroatoms. The monoisotopic (exact) mass is 361 g/mol. The van der Waals surface area contributed by atoms with Gasteiger partial charge >= 0.3 is 6.18 Å². The highest BCUT2D eigenvalue weighted by molar-refractivity contribution is 5.42. The summed E-state index contributed by atoms with van der Waals surface area (Å²) in [6.07, 6.45) is -3.69. The first-order valence-corrected chi connectivity index (χ1v) is 8.46. The van der Waals surface area contributed by atoms with Crippen LogP contribution in [0.4, 0.5) is 13.2 Å². The third kappa shape index (κ3) is 3.80. The Morgan fingerprint density at radius 3 is 2.76 bits per heavy atom. The van der Waals surface area contributed by atoms with E-state index in [2.05, 4.69) is 0 Å². The highest BCUT2D eigenvalue weighted by atomic mass is 19.4. The summed E-state index contributed by atoms with van der Waals surface area (Å²) in [6, 6.07) is 5.03. The molecule has 0 amide bonds. The molecule has 1 spiro atoms. The molecule has 25 heavy (non-hydrogen) atoms. The van der Waals surface area contributed by atoms with Crippen LogP contribution in [-0.2, 0) is 17.6 Å². The Kier molecular flexibility index (Phi) is 3.84. The molecule has 1 N–H and O–H groups in total. The molecule has 1 saturated carbocycles. The predicted molar refractivity (Wildman–Crippen MR) is 87.7 cm³/mol. The molecule has 140 valence electrons. The summed E-state index contributed by atoms with van der Waals surface area (Å²) in [5, 5.41) is 11.3. The molecule has 3 nitrogen and oxygen atoms in total. The van der Waals surface area contributed by atoms with Crippen molar-refractivity contribution < 1.29 is 31.9 Å². The van der Waals surface area contributed by atoms with Crippen molar-refractivity contribution in [3.63, 3.8) is 0 Å². The second kappa shape index (κ2) is 6.47. The quantitative estimate of drug-likeness (QED) is 0.879. The lowest BCUT2D eigenvalue weighted by atomic mass is 9.61. The fraction of sp³-hybridized carbons (Fsp3) is 0.684. The minimum absolute atomic E-state index is 0.0307. The van der Waals surface area contributed by atoms with Gasteiger partial charge in [-0.15, -0.1) is 0 Å². The van der Waals surface area contributed by atoms with Crippen LogP contribution in [0.1, 0.15) is 47.8 Å².